The molecule has 6 heteroatoms. The molecule has 2 rings (SSSR count). The summed E-state index contributed by atoms with van der Waals surface area (Å²) in [5, 5.41) is 2.88. The van der Waals surface area contributed by atoms with Crippen LogP contribution in [0.5, 0.6) is 0 Å². The van der Waals surface area contributed by atoms with Crippen molar-refractivity contribution in [2.75, 3.05) is 7.11 Å². The second-order valence-electron chi connectivity index (χ2n) is 3.61. The van der Waals surface area contributed by atoms with Crippen molar-refractivity contribution < 1.29 is 9.53 Å². The number of methoxy groups -OCH3 is 1. The molecular formula is C11H13N3O2S. The minimum atomic E-state index is -0.208. The lowest BCUT2D eigenvalue weighted by atomic mass is 10.2. The summed E-state index contributed by atoms with van der Waals surface area (Å²) in [5.41, 5.74) is 1.90. The first-order chi connectivity index (χ1) is 8.20. The Labute approximate surface area is 103 Å². The molecule has 2 heterocycles. The number of nitrogens with zero attached hydrogens (tertiary/aromatic N) is 3. The van der Waals surface area contributed by atoms with E-state index in [9.17, 15) is 4.79 Å². The number of rotatable bonds is 4. The molecule has 2 aromatic heterocycles. The second-order valence-corrected chi connectivity index (χ2v) is 4.47. The van der Waals surface area contributed by atoms with Crippen LogP contribution >= 0.6 is 11.3 Å². The van der Waals surface area contributed by atoms with Gasteiger partial charge >= 0.3 is 5.97 Å². The highest BCUT2D eigenvalue weighted by atomic mass is 32.1. The first-order valence-corrected chi connectivity index (χ1v) is 6.06. The van der Waals surface area contributed by atoms with Crippen LogP contribution < -0.4 is 0 Å². The molecule has 0 atom stereocenters. The topological polar surface area (TPSA) is 57.0 Å². The van der Waals surface area contributed by atoms with E-state index in [2.05, 4.69) is 14.7 Å². The Morgan fingerprint density at radius 2 is 2.41 bits per heavy atom. The van der Waals surface area contributed by atoms with E-state index in [1.54, 1.807) is 23.9 Å². The third kappa shape index (κ3) is 2.71. The van der Waals surface area contributed by atoms with Gasteiger partial charge in [0.2, 0.25) is 0 Å². The van der Waals surface area contributed by atoms with Gasteiger partial charge in [0.15, 0.2) is 0 Å². The molecule has 0 aliphatic rings. The van der Waals surface area contributed by atoms with Crippen molar-refractivity contribution in [2.45, 2.75) is 12.8 Å². The molecule has 0 saturated heterocycles. The molecule has 0 aliphatic carbocycles. The third-order valence-electron chi connectivity index (χ3n) is 2.40. The molecule has 0 saturated carbocycles. The van der Waals surface area contributed by atoms with Crippen LogP contribution in [0.1, 0.15) is 12.1 Å². The van der Waals surface area contributed by atoms with Crippen LogP contribution in [0.25, 0.3) is 10.7 Å². The van der Waals surface area contributed by atoms with Gasteiger partial charge in [-0.2, -0.15) is 0 Å². The Kier molecular flexibility index (Phi) is 3.53. The SMILES string of the molecule is COC(=O)CCc1csc(-c2cncn2C)n1. The van der Waals surface area contributed by atoms with E-state index < -0.39 is 0 Å². The number of imidazole rings is 1. The molecule has 2 aromatic rings. The molecule has 0 unspecified atom stereocenters. The molecule has 0 aromatic carbocycles. The van der Waals surface area contributed by atoms with Crippen molar-refractivity contribution in [3.8, 4) is 10.7 Å². The standard InChI is InChI=1S/C11H13N3O2S/c1-14-7-12-5-9(14)11-13-8(6-17-11)3-4-10(15)16-2/h5-7H,3-4H2,1-2H3. The van der Waals surface area contributed by atoms with Gasteiger partial charge in [0.1, 0.15) is 5.01 Å². The minimum Gasteiger partial charge on any atom is -0.469 e. The van der Waals surface area contributed by atoms with Gasteiger partial charge in [-0.3, -0.25) is 4.79 Å². The quantitative estimate of drug-likeness (QED) is 0.775. The van der Waals surface area contributed by atoms with E-state index >= 15 is 0 Å². The van der Waals surface area contributed by atoms with Crippen LogP contribution in [-0.4, -0.2) is 27.6 Å². The summed E-state index contributed by atoms with van der Waals surface area (Å²) in [5.74, 6) is -0.208. The second kappa shape index (κ2) is 5.09. The maximum absolute atomic E-state index is 11.0. The third-order valence-corrected chi connectivity index (χ3v) is 3.31. The Morgan fingerprint density at radius 1 is 1.59 bits per heavy atom. The Hall–Kier alpha value is -1.69. The highest BCUT2D eigenvalue weighted by Gasteiger charge is 2.09. The van der Waals surface area contributed by atoms with Crippen LogP contribution in [0, 0.1) is 0 Å². The fourth-order valence-corrected chi connectivity index (χ4v) is 2.34. The average molecular weight is 251 g/mol. The average Bonchev–Trinajstić information content (AvgIpc) is 2.94. The normalized spacial score (nSPS) is 10.5. The molecule has 0 N–H and O–H groups in total. The summed E-state index contributed by atoms with van der Waals surface area (Å²) < 4.78 is 6.51. The lowest BCUT2D eigenvalue weighted by Gasteiger charge is -1.97. The number of carbonyl (C=O) groups excluding carboxylic acids is 1. The van der Waals surface area contributed by atoms with E-state index in [1.807, 2.05) is 17.0 Å². The van der Waals surface area contributed by atoms with Gasteiger partial charge in [-0.05, 0) is 0 Å². The molecule has 0 aliphatic heterocycles. The van der Waals surface area contributed by atoms with Gasteiger partial charge in [0, 0.05) is 18.8 Å². The Balaban J connectivity index is 2.06. The summed E-state index contributed by atoms with van der Waals surface area (Å²) in [6.45, 7) is 0. The highest BCUT2D eigenvalue weighted by Crippen LogP contribution is 2.23. The van der Waals surface area contributed by atoms with E-state index in [-0.39, 0.29) is 5.97 Å². The van der Waals surface area contributed by atoms with Crippen LogP contribution in [0.3, 0.4) is 0 Å². The number of hydrogen-bond acceptors (Lipinski definition) is 5. The van der Waals surface area contributed by atoms with Gasteiger partial charge in [0.25, 0.3) is 0 Å². The summed E-state index contributed by atoms with van der Waals surface area (Å²) in [7, 11) is 3.32. The molecule has 0 radical (unpaired) electrons. The fourth-order valence-electron chi connectivity index (χ4n) is 1.43. The van der Waals surface area contributed by atoms with E-state index in [1.165, 1.54) is 7.11 Å². The van der Waals surface area contributed by atoms with Gasteiger partial charge in [-0.1, -0.05) is 0 Å². The van der Waals surface area contributed by atoms with Crippen LogP contribution in [0.15, 0.2) is 17.9 Å². The number of hydrogen-bond donors (Lipinski definition) is 0. The number of aryl methyl sites for hydroxylation is 2. The van der Waals surface area contributed by atoms with E-state index in [0.29, 0.717) is 12.8 Å². The zero-order valence-corrected chi connectivity index (χ0v) is 10.5. The van der Waals surface area contributed by atoms with Crippen molar-refractivity contribution in [1.29, 1.82) is 0 Å². The molecule has 17 heavy (non-hydrogen) atoms. The lowest BCUT2D eigenvalue weighted by Crippen LogP contribution is -2.02. The molecule has 0 amide bonds. The summed E-state index contributed by atoms with van der Waals surface area (Å²) in [6, 6.07) is 0. The van der Waals surface area contributed by atoms with Gasteiger partial charge in [-0.25, -0.2) is 9.97 Å². The zero-order valence-electron chi connectivity index (χ0n) is 9.71. The maximum Gasteiger partial charge on any atom is 0.305 e. The van der Waals surface area contributed by atoms with Crippen LogP contribution in [0.2, 0.25) is 0 Å². The molecular weight excluding hydrogens is 238 g/mol. The van der Waals surface area contributed by atoms with E-state index in [0.717, 1.165) is 16.4 Å². The zero-order chi connectivity index (χ0) is 12.3. The monoisotopic (exact) mass is 251 g/mol. The highest BCUT2D eigenvalue weighted by molar-refractivity contribution is 7.13. The lowest BCUT2D eigenvalue weighted by molar-refractivity contribution is -0.140. The molecule has 0 fully saturated rings. The Morgan fingerprint density at radius 3 is 3.06 bits per heavy atom. The van der Waals surface area contributed by atoms with Crippen molar-refractivity contribution in [3.05, 3.63) is 23.6 Å². The summed E-state index contributed by atoms with van der Waals surface area (Å²) in [4.78, 5) is 19.5. The predicted molar refractivity (Wildman–Crippen MR) is 64.7 cm³/mol. The van der Waals surface area contributed by atoms with Gasteiger partial charge < -0.3 is 9.30 Å². The number of ether oxygens (including phenoxy) is 1. The number of thiazole rings is 1. The fraction of sp³-hybridized carbons (Fsp3) is 0.364. The van der Waals surface area contributed by atoms with Gasteiger partial charge in [-0.15, -0.1) is 11.3 Å². The predicted octanol–water partition coefficient (Wildman–Crippen LogP) is 1.65. The number of aromatic nitrogens is 3. The molecule has 0 bridgehead atoms. The number of carbonyl (C=O) groups is 1. The van der Waals surface area contributed by atoms with E-state index in [4.69, 9.17) is 0 Å². The maximum atomic E-state index is 11.0. The van der Waals surface area contributed by atoms with Crippen molar-refractivity contribution in [1.82, 2.24) is 14.5 Å². The molecule has 0 spiro atoms. The first-order valence-electron chi connectivity index (χ1n) is 5.18. The number of esters is 1. The summed E-state index contributed by atoms with van der Waals surface area (Å²) in [6.07, 6.45) is 4.50. The minimum absolute atomic E-state index is 0.208. The first kappa shape index (κ1) is 11.8. The summed E-state index contributed by atoms with van der Waals surface area (Å²) >= 11 is 1.56. The molecule has 5 nitrogen and oxygen atoms in total. The van der Waals surface area contributed by atoms with Crippen molar-refractivity contribution >= 4 is 17.3 Å². The Bertz CT molecular complexity index is 518. The molecule has 90 valence electrons. The van der Waals surface area contributed by atoms with Crippen LogP contribution in [0.4, 0.5) is 0 Å². The smallest absolute Gasteiger partial charge is 0.305 e. The largest absolute Gasteiger partial charge is 0.469 e. The van der Waals surface area contributed by atoms with Crippen molar-refractivity contribution in [2.24, 2.45) is 7.05 Å². The van der Waals surface area contributed by atoms with Crippen molar-refractivity contribution in [3.63, 3.8) is 0 Å². The van der Waals surface area contributed by atoms with Gasteiger partial charge in [0.05, 0.1) is 37.4 Å². The van der Waals surface area contributed by atoms with Crippen LogP contribution in [-0.2, 0) is 23.0 Å².